The summed E-state index contributed by atoms with van der Waals surface area (Å²) >= 11 is 5.93. The predicted molar refractivity (Wildman–Crippen MR) is 107 cm³/mol. The van der Waals surface area contributed by atoms with Gasteiger partial charge in [-0.05, 0) is 48.2 Å². The normalized spacial score (nSPS) is 16.7. The first-order valence-corrected chi connectivity index (χ1v) is 9.82. The molecule has 0 unspecified atom stereocenters. The monoisotopic (exact) mass is 405 g/mol. The Morgan fingerprint density at radius 2 is 1.89 bits per heavy atom. The van der Waals surface area contributed by atoms with E-state index in [0.29, 0.717) is 30.8 Å². The third-order valence-corrected chi connectivity index (χ3v) is 5.64. The van der Waals surface area contributed by atoms with Crippen molar-refractivity contribution in [1.29, 1.82) is 0 Å². The largest absolute Gasteiger partial charge is 0.494 e. The minimum atomic E-state index is -0.838. The molecule has 1 N–H and O–H groups in total. The Hall–Kier alpha value is -1.95. The molecule has 0 saturated carbocycles. The van der Waals surface area contributed by atoms with E-state index in [9.17, 15) is 14.3 Å². The van der Waals surface area contributed by atoms with Gasteiger partial charge in [-0.2, -0.15) is 0 Å². The second-order valence-electron chi connectivity index (χ2n) is 7.31. The first kappa shape index (κ1) is 20.8. The van der Waals surface area contributed by atoms with Crippen LogP contribution in [0.1, 0.15) is 30.4 Å². The molecule has 0 spiro atoms. The highest BCUT2D eigenvalue weighted by molar-refractivity contribution is 6.30. The highest BCUT2D eigenvalue weighted by Gasteiger charge is 2.33. The lowest BCUT2D eigenvalue weighted by molar-refractivity contribution is -0.119. The summed E-state index contributed by atoms with van der Waals surface area (Å²) in [4.78, 5) is 14.5. The number of halogens is 2. The number of hydrogen-bond acceptors (Lipinski definition) is 4. The van der Waals surface area contributed by atoms with Crippen LogP contribution in [0.3, 0.4) is 0 Å². The van der Waals surface area contributed by atoms with Gasteiger partial charge < -0.3 is 14.7 Å². The van der Waals surface area contributed by atoms with Gasteiger partial charge in [-0.3, -0.25) is 4.79 Å². The van der Waals surface area contributed by atoms with Crippen molar-refractivity contribution in [3.05, 3.63) is 64.4 Å². The number of piperidine rings is 1. The van der Waals surface area contributed by atoms with E-state index < -0.39 is 11.4 Å². The fourth-order valence-corrected chi connectivity index (χ4v) is 3.73. The molecule has 150 valence electrons. The van der Waals surface area contributed by atoms with Gasteiger partial charge in [0.2, 0.25) is 0 Å². The van der Waals surface area contributed by atoms with Crippen molar-refractivity contribution < 1.29 is 19.0 Å². The second kappa shape index (κ2) is 9.03. The summed E-state index contributed by atoms with van der Waals surface area (Å²) in [5.41, 5.74) is 0.798. The summed E-state index contributed by atoms with van der Waals surface area (Å²) in [6.45, 7) is 2.13. The van der Waals surface area contributed by atoms with Gasteiger partial charge in [-0.25, -0.2) is 4.39 Å². The van der Waals surface area contributed by atoms with Crippen LogP contribution >= 0.6 is 11.6 Å². The van der Waals surface area contributed by atoms with Crippen molar-refractivity contribution in [1.82, 2.24) is 4.90 Å². The van der Waals surface area contributed by atoms with E-state index >= 15 is 0 Å². The third-order valence-electron chi connectivity index (χ3n) is 5.39. The zero-order valence-electron chi connectivity index (χ0n) is 16.0. The number of benzene rings is 2. The number of methoxy groups -OCH3 is 1. The van der Waals surface area contributed by atoms with Crippen LogP contribution in [0.4, 0.5) is 4.39 Å². The SMILES string of the molecule is COc1cc(CC(=O)CCN2CCC(O)(c3ccc(Cl)cc3)CC2)ccc1F. The number of likely N-dealkylation sites (tertiary alicyclic amines) is 1. The molecular formula is C22H25ClFNO3. The Bertz CT molecular complexity index is 817. The number of carbonyl (C=O) groups excluding carboxylic acids is 1. The highest BCUT2D eigenvalue weighted by atomic mass is 35.5. The van der Waals surface area contributed by atoms with Gasteiger partial charge in [0.05, 0.1) is 12.7 Å². The smallest absolute Gasteiger partial charge is 0.165 e. The summed E-state index contributed by atoms with van der Waals surface area (Å²) in [7, 11) is 1.41. The van der Waals surface area contributed by atoms with Crippen LogP contribution in [0.25, 0.3) is 0 Å². The molecular weight excluding hydrogens is 381 g/mol. The van der Waals surface area contributed by atoms with Crippen molar-refractivity contribution in [2.24, 2.45) is 0 Å². The Kier molecular flexibility index (Phi) is 6.70. The maximum atomic E-state index is 13.5. The molecule has 0 atom stereocenters. The topological polar surface area (TPSA) is 49.8 Å². The fourth-order valence-electron chi connectivity index (χ4n) is 3.61. The molecule has 6 heteroatoms. The van der Waals surface area contributed by atoms with Crippen LogP contribution in [0.2, 0.25) is 5.02 Å². The molecule has 0 aromatic heterocycles. The van der Waals surface area contributed by atoms with Crippen LogP contribution in [-0.2, 0) is 16.8 Å². The molecule has 1 aliphatic heterocycles. The summed E-state index contributed by atoms with van der Waals surface area (Å²) in [6.07, 6.45) is 1.94. The molecule has 0 radical (unpaired) electrons. The van der Waals surface area contributed by atoms with Gasteiger partial charge in [-0.15, -0.1) is 0 Å². The maximum absolute atomic E-state index is 13.5. The number of carbonyl (C=O) groups is 1. The van der Waals surface area contributed by atoms with E-state index in [1.54, 1.807) is 24.3 Å². The number of aliphatic hydroxyl groups is 1. The molecule has 1 aliphatic rings. The zero-order valence-corrected chi connectivity index (χ0v) is 16.7. The van der Waals surface area contributed by atoms with Crippen molar-refractivity contribution in [2.75, 3.05) is 26.7 Å². The number of nitrogens with zero attached hydrogens (tertiary/aromatic N) is 1. The molecule has 28 heavy (non-hydrogen) atoms. The molecule has 2 aromatic carbocycles. The molecule has 1 fully saturated rings. The molecule has 3 rings (SSSR count). The average Bonchev–Trinajstić information content (AvgIpc) is 2.69. The van der Waals surface area contributed by atoms with Crippen molar-refractivity contribution in [3.63, 3.8) is 0 Å². The van der Waals surface area contributed by atoms with Crippen molar-refractivity contribution >= 4 is 17.4 Å². The van der Waals surface area contributed by atoms with E-state index in [1.165, 1.54) is 13.2 Å². The van der Waals surface area contributed by atoms with Gasteiger partial charge >= 0.3 is 0 Å². The summed E-state index contributed by atoms with van der Waals surface area (Å²) in [5, 5.41) is 11.6. The van der Waals surface area contributed by atoms with Crippen molar-refractivity contribution in [2.45, 2.75) is 31.3 Å². The molecule has 0 amide bonds. The molecule has 2 aromatic rings. The first-order chi connectivity index (χ1) is 13.4. The van der Waals surface area contributed by atoms with E-state index in [-0.39, 0.29) is 18.0 Å². The summed E-state index contributed by atoms with van der Waals surface area (Å²) in [6, 6.07) is 11.8. The number of ketones is 1. The predicted octanol–water partition coefficient (Wildman–Crippen LogP) is 3.97. The van der Waals surface area contributed by atoms with Gasteiger partial charge in [-0.1, -0.05) is 29.8 Å². The molecule has 1 heterocycles. The average molecular weight is 406 g/mol. The van der Waals surface area contributed by atoms with E-state index in [1.807, 2.05) is 12.1 Å². The molecule has 0 aliphatic carbocycles. The quantitative estimate of drug-likeness (QED) is 0.757. The fraction of sp³-hybridized carbons (Fsp3) is 0.409. The maximum Gasteiger partial charge on any atom is 0.165 e. The lowest BCUT2D eigenvalue weighted by atomic mass is 9.84. The van der Waals surface area contributed by atoms with Crippen LogP contribution in [0.5, 0.6) is 5.75 Å². The lowest BCUT2D eigenvalue weighted by Crippen LogP contribution is -2.43. The lowest BCUT2D eigenvalue weighted by Gasteiger charge is -2.38. The van der Waals surface area contributed by atoms with E-state index in [0.717, 1.165) is 24.2 Å². The zero-order chi connectivity index (χ0) is 20.1. The van der Waals surface area contributed by atoms with Gasteiger partial charge in [0.25, 0.3) is 0 Å². The summed E-state index contributed by atoms with van der Waals surface area (Å²) < 4.78 is 18.4. The van der Waals surface area contributed by atoms with Crippen molar-refractivity contribution in [3.8, 4) is 5.75 Å². The van der Waals surface area contributed by atoms with Crippen LogP contribution < -0.4 is 4.74 Å². The minimum Gasteiger partial charge on any atom is -0.494 e. The van der Waals surface area contributed by atoms with Gasteiger partial charge in [0.15, 0.2) is 11.6 Å². The molecule has 1 saturated heterocycles. The van der Waals surface area contributed by atoms with Crippen LogP contribution in [0.15, 0.2) is 42.5 Å². The number of ether oxygens (including phenoxy) is 1. The van der Waals surface area contributed by atoms with E-state index in [4.69, 9.17) is 16.3 Å². The number of rotatable bonds is 7. The number of hydrogen-bond donors (Lipinski definition) is 1. The Balaban J connectivity index is 1.47. The number of Topliss-reactive ketones (excluding diaryl/α,β-unsaturated/α-hetero) is 1. The molecule has 4 nitrogen and oxygen atoms in total. The van der Waals surface area contributed by atoms with E-state index in [2.05, 4.69) is 4.90 Å². The Morgan fingerprint density at radius 3 is 2.54 bits per heavy atom. The first-order valence-electron chi connectivity index (χ1n) is 9.44. The third kappa shape index (κ3) is 5.10. The van der Waals surface area contributed by atoms with Crippen LogP contribution in [0, 0.1) is 5.82 Å². The summed E-state index contributed by atoms with van der Waals surface area (Å²) in [5.74, 6) is -0.171. The second-order valence-corrected chi connectivity index (χ2v) is 7.75. The van der Waals surface area contributed by atoms with Gasteiger partial charge in [0, 0.05) is 37.5 Å². The van der Waals surface area contributed by atoms with Gasteiger partial charge in [0.1, 0.15) is 5.78 Å². The minimum absolute atomic E-state index is 0.104. The Labute approximate surface area is 169 Å². The van der Waals surface area contributed by atoms with Crippen LogP contribution in [-0.4, -0.2) is 42.5 Å². The molecule has 0 bridgehead atoms. The standard InChI is InChI=1S/C22H25ClFNO3/c1-28-21-15-16(2-7-20(21)24)14-19(26)8-11-25-12-9-22(27,10-13-25)17-3-5-18(23)6-4-17/h2-7,15,27H,8-14H2,1H3. The Morgan fingerprint density at radius 1 is 1.21 bits per heavy atom. The highest BCUT2D eigenvalue weighted by Crippen LogP contribution is 2.33.